The van der Waals surface area contributed by atoms with Crippen LogP contribution < -0.4 is 0 Å². The molecule has 6 nitrogen and oxygen atoms in total. The van der Waals surface area contributed by atoms with Crippen molar-refractivity contribution in [2.75, 3.05) is 0 Å². The lowest BCUT2D eigenvalue weighted by atomic mass is 9.74. The third-order valence-electron chi connectivity index (χ3n) is 9.22. The summed E-state index contributed by atoms with van der Waals surface area (Å²) in [6.45, 7) is 1.46. The maximum Gasteiger partial charge on any atom is 0.310 e. The predicted molar refractivity (Wildman–Crippen MR) is 158 cm³/mol. The number of esters is 1. The molecule has 0 amide bonds. The summed E-state index contributed by atoms with van der Waals surface area (Å²) in [5.74, 6) is -1.21. The van der Waals surface area contributed by atoms with Crippen molar-refractivity contribution < 1.29 is 23.1 Å². The van der Waals surface area contributed by atoms with E-state index in [1.807, 2.05) is 25.2 Å². The number of ether oxygens (including phenoxy) is 1. The molecule has 1 heterocycles. The first-order valence-electron chi connectivity index (χ1n) is 15.3. The first-order chi connectivity index (χ1) is 20.2. The van der Waals surface area contributed by atoms with Gasteiger partial charge in [0.05, 0.1) is 11.9 Å². The number of aryl methyl sites for hydroxylation is 1. The molecule has 1 aromatic heterocycles. The lowest BCUT2D eigenvalue weighted by molar-refractivity contribution is -0.144. The van der Waals surface area contributed by atoms with Crippen molar-refractivity contribution in [1.82, 2.24) is 15.0 Å². The lowest BCUT2D eigenvalue weighted by Crippen LogP contribution is -2.20. The summed E-state index contributed by atoms with van der Waals surface area (Å²) in [5.41, 5.74) is 4.07. The minimum atomic E-state index is -2.88. The van der Waals surface area contributed by atoms with Crippen molar-refractivity contribution in [3.05, 3.63) is 70.8 Å². The Balaban J connectivity index is 1.01. The van der Waals surface area contributed by atoms with Gasteiger partial charge in [-0.2, -0.15) is 0 Å². The van der Waals surface area contributed by atoms with Gasteiger partial charge >= 0.3 is 5.97 Å². The number of Topliss-reactive ketones (excluding diaryl/α,β-unsaturated/α-hetero) is 1. The van der Waals surface area contributed by atoms with Gasteiger partial charge in [-0.25, -0.2) is 13.5 Å². The van der Waals surface area contributed by atoms with Gasteiger partial charge in [-0.05, 0) is 86.1 Å². The Kier molecular flexibility index (Phi) is 9.49. The summed E-state index contributed by atoms with van der Waals surface area (Å²) < 4.78 is 35.1. The SMILES string of the molecule is CCC(F)(F)c1cccc(COC(=O)CC2=CCC(CC3CCC(CC(=O)c4ccc5c(c4)nnn5C)CC3)CC2)c1. The van der Waals surface area contributed by atoms with E-state index in [-0.39, 0.29) is 36.8 Å². The van der Waals surface area contributed by atoms with Crippen LogP contribution in [0.5, 0.6) is 0 Å². The van der Waals surface area contributed by atoms with Crippen molar-refractivity contribution in [3.8, 4) is 0 Å². The lowest BCUT2D eigenvalue weighted by Gasteiger charge is -2.32. The van der Waals surface area contributed by atoms with Gasteiger partial charge in [-0.15, -0.1) is 5.10 Å². The molecule has 0 saturated heterocycles. The van der Waals surface area contributed by atoms with E-state index in [1.165, 1.54) is 38.3 Å². The Hall–Kier alpha value is -3.42. The highest BCUT2D eigenvalue weighted by Gasteiger charge is 2.29. The van der Waals surface area contributed by atoms with Crippen LogP contribution in [0.2, 0.25) is 0 Å². The molecule has 0 spiro atoms. The highest BCUT2D eigenvalue weighted by Crippen LogP contribution is 2.38. The number of allylic oxidation sites excluding steroid dienone is 1. The predicted octanol–water partition coefficient (Wildman–Crippen LogP) is 8.10. The molecule has 1 atom stereocenters. The molecular weight excluding hydrogens is 536 g/mol. The molecule has 1 unspecified atom stereocenters. The number of fused-ring (bicyclic) bond motifs is 1. The number of carbonyl (C=O) groups is 2. The van der Waals surface area contributed by atoms with Crippen LogP contribution in [0.3, 0.4) is 0 Å². The van der Waals surface area contributed by atoms with Crippen molar-refractivity contribution in [2.45, 2.75) is 90.1 Å². The number of carbonyl (C=O) groups excluding carboxylic acids is 2. The van der Waals surface area contributed by atoms with Crippen molar-refractivity contribution >= 4 is 22.8 Å². The summed E-state index contributed by atoms with van der Waals surface area (Å²) in [4.78, 5) is 25.4. The zero-order valence-electron chi connectivity index (χ0n) is 24.7. The smallest absolute Gasteiger partial charge is 0.310 e. The second kappa shape index (κ2) is 13.3. The van der Waals surface area contributed by atoms with Crippen LogP contribution in [-0.4, -0.2) is 26.7 Å². The van der Waals surface area contributed by atoms with E-state index >= 15 is 0 Å². The molecule has 0 aliphatic heterocycles. The molecule has 0 N–H and O–H groups in total. The Morgan fingerprint density at radius 1 is 1.02 bits per heavy atom. The van der Waals surface area contributed by atoms with Gasteiger partial charge in [0.15, 0.2) is 5.78 Å². The molecular formula is C34H41F2N3O3. The molecule has 0 bridgehead atoms. The third-order valence-corrected chi connectivity index (χ3v) is 9.22. The van der Waals surface area contributed by atoms with Crippen LogP contribution in [-0.2, 0) is 29.1 Å². The number of alkyl halides is 2. The normalized spacial score (nSPS) is 21.2. The topological polar surface area (TPSA) is 74.1 Å². The third kappa shape index (κ3) is 7.50. The number of ketones is 1. The molecule has 5 rings (SSSR count). The number of halogens is 2. The van der Waals surface area contributed by atoms with E-state index in [2.05, 4.69) is 16.4 Å². The molecule has 42 heavy (non-hydrogen) atoms. The highest BCUT2D eigenvalue weighted by molar-refractivity contribution is 5.98. The molecule has 2 aliphatic carbocycles. The van der Waals surface area contributed by atoms with Crippen molar-refractivity contribution in [1.29, 1.82) is 0 Å². The van der Waals surface area contributed by atoms with Gasteiger partial charge in [0.25, 0.3) is 5.92 Å². The van der Waals surface area contributed by atoms with Crippen LogP contribution in [0, 0.1) is 17.8 Å². The van der Waals surface area contributed by atoms with Gasteiger partial charge in [0.1, 0.15) is 12.1 Å². The average Bonchev–Trinajstić information content (AvgIpc) is 3.38. The number of aromatic nitrogens is 3. The van der Waals surface area contributed by atoms with Gasteiger partial charge in [0, 0.05) is 31.0 Å². The molecule has 2 aliphatic rings. The molecule has 3 aromatic rings. The molecule has 1 fully saturated rings. The van der Waals surface area contributed by atoms with Gasteiger partial charge in [-0.3, -0.25) is 9.59 Å². The van der Waals surface area contributed by atoms with Crippen LogP contribution in [0.15, 0.2) is 54.1 Å². The fourth-order valence-corrected chi connectivity index (χ4v) is 6.55. The summed E-state index contributed by atoms with van der Waals surface area (Å²) in [6.07, 6.45) is 11.5. The quantitative estimate of drug-likeness (QED) is 0.131. The first kappa shape index (κ1) is 30.1. The number of rotatable bonds is 11. The zero-order chi connectivity index (χ0) is 29.7. The van der Waals surface area contributed by atoms with Crippen molar-refractivity contribution in [2.24, 2.45) is 24.8 Å². The van der Waals surface area contributed by atoms with Crippen LogP contribution in [0.1, 0.15) is 99.0 Å². The Morgan fingerprint density at radius 2 is 1.81 bits per heavy atom. The molecule has 224 valence electrons. The Morgan fingerprint density at radius 3 is 2.55 bits per heavy atom. The molecule has 2 aromatic carbocycles. The average molecular weight is 578 g/mol. The van der Waals surface area contributed by atoms with Gasteiger partial charge in [0.2, 0.25) is 0 Å². The standard InChI is InChI=1S/C34H41F2N3O3/c1-3-34(35,36)29-6-4-5-27(18-29)22-42-33(41)20-26-13-9-24(10-14-26)17-23-7-11-25(12-8-23)19-32(40)28-15-16-31-30(21-28)37-38-39(31)2/h4-6,13,15-16,18,21,23-25H,3,7-12,14,17,19-20,22H2,1-2H3. The number of hydrogen-bond acceptors (Lipinski definition) is 5. The second-order valence-corrected chi connectivity index (χ2v) is 12.3. The maximum atomic E-state index is 14.0. The van der Waals surface area contributed by atoms with E-state index in [0.29, 0.717) is 29.7 Å². The highest BCUT2D eigenvalue weighted by atomic mass is 19.3. The molecule has 0 radical (unpaired) electrons. The van der Waals surface area contributed by atoms with Gasteiger partial charge in [-0.1, -0.05) is 54.8 Å². The summed E-state index contributed by atoms with van der Waals surface area (Å²) >= 11 is 0. The Bertz CT molecular complexity index is 1440. The number of benzene rings is 2. The monoisotopic (exact) mass is 577 g/mol. The fraction of sp³-hybridized carbons (Fsp3) is 0.529. The number of hydrogen-bond donors (Lipinski definition) is 0. The summed E-state index contributed by atoms with van der Waals surface area (Å²) in [7, 11) is 1.85. The Labute approximate surface area is 246 Å². The van der Waals surface area contributed by atoms with E-state index in [9.17, 15) is 18.4 Å². The van der Waals surface area contributed by atoms with E-state index in [0.717, 1.165) is 54.3 Å². The number of nitrogens with zero attached hydrogens (tertiary/aromatic N) is 3. The van der Waals surface area contributed by atoms with Crippen LogP contribution >= 0.6 is 0 Å². The molecule has 1 saturated carbocycles. The van der Waals surface area contributed by atoms with Crippen LogP contribution in [0.4, 0.5) is 8.78 Å². The zero-order valence-corrected chi connectivity index (χ0v) is 24.7. The fourth-order valence-electron chi connectivity index (χ4n) is 6.55. The second-order valence-electron chi connectivity index (χ2n) is 12.3. The van der Waals surface area contributed by atoms with Crippen molar-refractivity contribution in [3.63, 3.8) is 0 Å². The van der Waals surface area contributed by atoms with E-state index in [1.54, 1.807) is 16.8 Å². The largest absolute Gasteiger partial charge is 0.461 e. The molecule has 8 heteroatoms. The minimum absolute atomic E-state index is 0.00753. The summed E-state index contributed by atoms with van der Waals surface area (Å²) in [5, 5.41) is 8.16. The van der Waals surface area contributed by atoms with E-state index < -0.39 is 5.92 Å². The van der Waals surface area contributed by atoms with Crippen LogP contribution in [0.25, 0.3) is 11.0 Å². The first-order valence-corrected chi connectivity index (χ1v) is 15.3. The van der Waals surface area contributed by atoms with Gasteiger partial charge < -0.3 is 4.74 Å². The summed E-state index contributed by atoms with van der Waals surface area (Å²) in [6, 6.07) is 11.8. The maximum absolute atomic E-state index is 14.0. The van der Waals surface area contributed by atoms with E-state index in [4.69, 9.17) is 4.74 Å². The minimum Gasteiger partial charge on any atom is -0.461 e.